The quantitative estimate of drug-likeness (QED) is 0.778. The molecule has 0 radical (unpaired) electrons. The molecule has 0 aromatic heterocycles. The van der Waals surface area contributed by atoms with Crippen LogP contribution in [-0.4, -0.2) is 6.04 Å². The molecule has 82 valence electrons. The van der Waals surface area contributed by atoms with Crippen LogP contribution >= 0.6 is 0 Å². The summed E-state index contributed by atoms with van der Waals surface area (Å²) < 4.78 is 0. The van der Waals surface area contributed by atoms with E-state index in [1.54, 1.807) is 0 Å². The zero-order valence-corrected chi connectivity index (χ0v) is 9.75. The molecule has 0 amide bonds. The maximum Gasteiger partial charge on any atom is 0.101 e. The molecular formula is C14H16N2. The van der Waals surface area contributed by atoms with Gasteiger partial charge in [0.1, 0.15) is 6.07 Å². The highest BCUT2D eigenvalue weighted by Crippen LogP contribution is 2.18. The summed E-state index contributed by atoms with van der Waals surface area (Å²) in [6.45, 7) is 4.06. The summed E-state index contributed by atoms with van der Waals surface area (Å²) in [6.07, 6.45) is 7.37. The Hall–Kier alpha value is -1.93. The van der Waals surface area contributed by atoms with Gasteiger partial charge in [-0.2, -0.15) is 5.26 Å². The number of nitriles is 1. The largest absolute Gasteiger partial charge is 0.370 e. The molecule has 0 aliphatic rings. The number of rotatable bonds is 4. The predicted octanol–water partition coefficient (Wildman–Crippen LogP) is 3.08. The second-order valence-corrected chi connectivity index (χ2v) is 3.81. The number of hydrogen-bond acceptors (Lipinski definition) is 2. The monoisotopic (exact) mass is 212 g/mol. The molecule has 0 saturated heterocycles. The van der Waals surface area contributed by atoms with Crippen molar-refractivity contribution in [2.45, 2.75) is 32.7 Å². The first kappa shape index (κ1) is 12.1. The summed E-state index contributed by atoms with van der Waals surface area (Å²) in [5, 5.41) is 12.2. The van der Waals surface area contributed by atoms with Gasteiger partial charge < -0.3 is 5.32 Å². The lowest BCUT2D eigenvalue weighted by Gasteiger charge is -2.14. The predicted molar refractivity (Wildman–Crippen MR) is 67.0 cm³/mol. The maximum absolute atomic E-state index is 9.02. The Morgan fingerprint density at radius 3 is 2.81 bits per heavy atom. The first-order valence-corrected chi connectivity index (χ1v) is 5.44. The second-order valence-electron chi connectivity index (χ2n) is 3.81. The third-order valence-electron chi connectivity index (χ3n) is 2.40. The van der Waals surface area contributed by atoms with E-state index in [4.69, 9.17) is 11.7 Å². The first-order chi connectivity index (χ1) is 7.71. The molecular weight excluding hydrogens is 196 g/mol. The summed E-state index contributed by atoms with van der Waals surface area (Å²) in [4.78, 5) is 0. The topological polar surface area (TPSA) is 35.8 Å². The molecule has 1 unspecified atom stereocenters. The van der Waals surface area contributed by atoms with Crippen molar-refractivity contribution < 1.29 is 0 Å². The first-order valence-electron chi connectivity index (χ1n) is 5.44. The molecule has 0 bridgehead atoms. The van der Waals surface area contributed by atoms with Crippen molar-refractivity contribution in [3.63, 3.8) is 0 Å². The highest BCUT2D eigenvalue weighted by atomic mass is 14.9. The van der Waals surface area contributed by atoms with Gasteiger partial charge in [-0.05, 0) is 31.0 Å². The van der Waals surface area contributed by atoms with Crippen LogP contribution in [0.5, 0.6) is 0 Å². The summed E-state index contributed by atoms with van der Waals surface area (Å²) in [5.41, 5.74) is 2.55. The molecule has 1 rings (SSSR count). The van der Waals surface area contributed by atoms with Crippen LogP contribution in [0.1, 0.15) is 30.9 Å². The number of nitrogens with zero attached hydrogens (tertiary/aromatic N) is 1. The number of benzene rings is 1. The van der Waals surface area contributed by atoms with Crippen molar-refractivity contribution >= 4 is 5.69 Å². The van der Waals surface area contributed by atoms with E-state index in [1.807, 2.05) is 25.1 Å². The fourth-order valence-corrected chi connectivity index (χ4v) is 1.55. The van der Waals surface area contributed by atoms with Crippen molar-refractivity contribution in [2.75, 3.05) is 5.32 Å². The summed E-state index contributed by atoms with van der Waals surface area (Å²) >= 11 is 0. The molecule has 0 spiro atoms. The standard InChI is InChI=1S/C14H16N2/c1-4-6-13(5-2)16-14-8-7-11(3)9-12(14)10-15/h2,7-9,13,16H,4,6H2,1,3H3. The van der Waals surface area contributed by atoms with Crippen LogP contribution in [0.2, 0.25) is 0 Å². The van der Waals surface area contributed by atoms with E-state index >= 15 is 0 Å². The number of nitrogens with one attached hydrogen (secondary N) is 1. The Labute approximate surface area is 97.3 Å². The number of anilines is 1. The Balaban J connectivity index is 2.89. The molecule has 1 aromatic carbocycles. The Morgan fingerprint density at radius 2 is 2.25 bits per heavy atom. The van der Waals surface area contributed by atoms with Gasteiger partial charge in [-0.25, -0.2) is 0 Å². The van der Waals surface area contributed by atoms with Crippen LogP contribution in [0.15, 0.2) is 18.2 Å². The Kier molecular flexibility index (Phi) is 4.42. The number of terminal acetylenes is 1. The SMILES string of the molecule is C#CC(CCC)Nc1ccc(C)cc1C#N. The van der Waals surface area contributed by atoms with Crippen LogP contribution in [0.3, 0.4) is 0 Å². The fourth-order valence-electron chi connectivity index (χ4n) is 1.55. The fraction of sp³-hybridized carbons (Fsp3) is 0.357. The number of hydrogen-bond donors (Lipinski definition) is 1. The smallest absolute Gasteiger partial charge is 0.101 e. The molecule has 2 heteroatoms. The van der Waals surface area contributed by atoms with Gasteiger partial charge in [0.15, 0.2) is 0 Å². The second kappa shape index (κ2) is 5.83. The summed E-state index contributed by atoms with van der Waals surface area (Å²) in [7, 11) is 0. The zero-order valence-electron chi connectivity index (χ0n) is 9.75. The molecule has 1 N–H and O–H groups in total. The molecule has 16 heavy (non-hydrogen) atoms. The van der Waals surface area contributed by atoms with E-state index in [2.05, 4.69) is 24.2 Å². The molecule has 0 saturated carbocycles. The van der Waals surface area contributed by atoms with E-state index in [0.29, 0.717) is 5.56 Å². The van der Waals surface area contributed by atoms with Crippen molar-refractivity contribution in [3.8, 4) is 18.4 Å². The van der Waals surface area contributed by atoms with Gasteiger partial charge in [0.05, 0.1) is 17.3 Å². The minimum absolute atomic E-state index is 0.000180. The van der Waals surface area contributed by atoms with Crippen LogP contribution < -0.4 is 5.32 Å². The van der Waals surface area contributed by atoms with Gasteiger partial charge in [-0.1, -0.05) is 25.3 Å². The van der Waals surface area contributed by atoms with Gasteiger partial charge in [0.25, 0.3) is 0 Å². The zero-order chi connectivity index (χ0) is 12.0. The minimum atomic E-state index is -0.000180. The van der Waals surface area contributed by atoms with Gasteiger partial charge in [-0.15, -0.1) is 6.42 Å². The molecule has 2 nitrogen and oxygen atoms in total. The minimum Gasteiger partial charge on any atom is -0.370 e. The summed E-state index contributed by atoms with van der Waals surface area (Å²) in [5.74, 6) is 2.70. The third-order valence-corrected chi connectivity index (χ3v) is 2.40. The van der Waals surface area contributed by atoms with Crippen LogP contribution in [-0.2, 0) is 0 Å². The average molecular weight is 212 g/mol. The van der Waals surface area contributed by atoms with E-state index in [1.165, 1.54) is 0 Å². The third kappa shape index (κ3) is 3.04. The van der Waals surface area contributed by atoms with Crippen molar-refractivity contribution in [1.29, 1.82) is 5.26 Å². The highest BCUT2D eigenvalue weighted by molar-refractivity contribution is 5.59. The molecule has 0 aliphatic heterocycles. The Bertz CT molecular complexity index is 435. The molecule has 0 fully saturated rings. The average Bonchev–Trinajstić information content (AvgIpc) is 2.30. The van der Waals surface area contributed by atoms with Crippen molar-refractivity contribution in [3.05, 3.63) is 29.3 Å². The molecule has 1 atom stereocenters. The van der Waals surface area contributed by atoms with E-state index in [0.717, 1.165) is 24.1 Å². The van der Waals surface area contributed by atoms with Crippen LogP contribution in [0.25, 0.3) is 0 Å². The van der Waals surface area contributed by atoms with Crippen LogP contribution in [0, 0.1) is 30.6 Å². The molecule has 0 heterocycles. The lowest BCUT2D eigenvalue weighted by molar-refractivity contribution is 0.755. The molecule has 1 aromatic rings. The summed E-state index contributed by atoms with van der Waals surface area (Å²) in [6, 6.07) is 7.93. The van der Waals surface area contributed by atoms with E-state index in [9.17, 15) is 0 Å². The van der Waals surface area contributed by atoms with Crippen molar-refractivity contribution in [1.82, 2.24) is 0 Å². The van der Waals surface area contributed by atoms with Crippen LogP contribution in [0.4, 0.5) is 5.69 Å². The highest BCUT2D eigenvalue weighted by Gasteiger charge is 2.07. The Morgan fingerprint density at radius 1 is 1.50 bits per heavy atom. The van der Waals surface area contributed by atoms with Gasteiger partial charge >= 0.3 is 0 Å². The van der Waals surface area contributed by atoms with Crippen molar-refractivity contribution in [2.24, 2.45) is 0 Å². The van der Waals surface area contributed by atoms with E-state index in [-0.39, 0.29) is 6.04 Å². The number of aryl methyl sites for hydroxylation is 1. The van der Waals surface area contributed by atoms with Gasteiger partial charge in [0.2, 0.25) is 0 Å². The van der Waals surface area contributed by atoms with Gasteiger partial charge in [0, 0.05) is 0 Å². The maximum atomic E-state index is 9.02. The normalized spacial score (nSPS) is 11.2. The molecule has 0 aliphatic carbocycles. The lowest BCUT2D eigenvalue weighted by Crippen LogP contribution is -2.17. The van der Waals surface area contributed by atoms with E-state index < -0.39 is 0 Å². The van der Waals surface area contributed by atoms with Gasteiger partial charge in [-0.3, -0.25) is 0 Å². The lowest BCUT2D eigenvalue weighted by atomic mass is 10.1.